The first-order chi connectivity index (χ1) is 8.95. The highest BCUT2D eigenvalue weighted by atomic mass is 15.1. The lowest BCUT2D eigenvalue weighted by molar-refractivity contribution is 1.02. The summed E-state index contributed by atoms with van der Waals surface area (Å²) >= 11 is 0. The molecule has 0 radical (unpaired) electrons. The van der Waals surface area contributed by atoms with Gasteiger partial charge in [-0.3, -0.25) is 4.98 Å². The van der Waals surface area contributed by atoms with Crippen LogP contribution in [0.1, 0.15) is 0 Å². The Hall–Kier alpha value is -2.76. The number of rotatable bonds is 2. The largest absolute Gasteiger partial charge is 0.250 e. The molecule has 18 heavy (non-hydrogen) atoms. The van der Waals surface area contributed by atoms with E-state index in [1.54, 1.807) is 43.1 Å². The van der Waals surface area contributed by atoms with Crippen molar-refractivity contribution in [1.29, 1.82) is 0 Å². The fourth-order valence-electron chi connectivity index (χ4n) is 1.54. The third-order valence-corrected chi connectivity index (χ3v) is 2.29. The minimum atomic E-state index is 0.520. The van der Waals surface area contributed by atoms with Crippen molar-refractivity contribution in [1.82, 2.24) is 30.1 Å². The second kappa shape index (κ2) is 4.62. The van der Waals surface area contributed by atoms with E-state index in [4.69, 9.17) is 0 Å². The summed E-state index contributed by atoms with van der Waals surface area (Å²) in [6, 6.07) is 5.37. The molecule has 0 aromatic carbocycles. The smallest absolute Gasteiger partial charge is 0.180 e. The molecule has 0 amide bonds. The molecule has 3 rings (SSSR count). The van der Waals surface area contributed by atoms with Crippen molar-refractivity contribution in [3.05, 3.63) is 49.2 Å². The van der Waals surface area contributed by atoms with E-state index < -0.39 is 0 Å². The molecule has 3 aromatic heterocycles. The number of aromatic nitrogens is 6. The van der Waals surface area contributed by atoms with Crippen LogP contribution in [0.3, 0.4) is 0 Å². The van der Waals surface area contributed by atoms with Crippen LogP contribution in [-0.2, 0) is 0 Å². The second-order valence-electron chi connectivity index (χ2n) is 3.43. The van der Waals surface area contributed by atoms with Crippen molar-refractivity contribution >= 4 is 0 Å². The Balaban J connectivity index is 2.18. The van der Waals surface area contributed by atoms with Crippen LogP contribution < -0.4 is 0 Å². The summed E-state index contributed by atoms with van der Waals surface area (Å²) in [6.07, 6.45) is 8.15. The Bertz CT molecular complexity index is 582. The molecule has 0 aliphatic heterocycles. The van der Waals surface area contributed by atoms with Gasteiger partial charge >= 0.3 is 0 Å². The molecule has 0 aliphatic rings. The Morgan fingerprint density at radius 1 is 0.667 bits per heavy atom. The van der Waals surface area contributed by atoms with Gasteiger partial charge in [0, 0.05) is 31.0 Å². The van der Waals surface area contributed by atoms with E-state index in [-0.39, 0.29) is 0 Å². The minimum Gasteiger partial charge on any atom is -0.250 e. The quantitative estimate of drug-likeness (QED) is 0.669. The van der Waals surface area contributed by atoms with Crippen LogP contribution >= 0.6 is 0 Å². The molecule has 0 aliphatic carbocycles. The van der Waals surface area contributed by atoms with Crippen molar-refractivity contribution < 1.29 is 0 Å². The molecule has 0 saturated heterocycles. The van der Waals surface area contributed by atoms with E-state index in [0.717, 1.165) is 0 Å². The van der Waals surface area contributed by atoms with Crippen LogP contribution in [0.15, 0.2) is 49.2 Å². The Labute approximate surface area is 103 Å². The standard InChI is InChI=1S/C12H8N6/c1-3-9(18-17-6-1)10-11(14-8-7-13-10)12-15-4-2-5-16-12/h1-8H. The highest BCUT2D eigenvalue weighted by Crippen LogP contribution is 2.22. The highest BCUT2D eigenvalue weighted by molar-refractivity contribution is 5.71. The zero-order valence-corrected chi connectivity index (χ0v) is 9.30. The monoisotopic (exact) mass is 236 g/mol. The van der Waals surface area contributed by atoms with Crippen molar-refractivity contribution in [3.63, 3.8) is 0 Å². The third-order valence-electron chi connectivity index (χ3n) is 2.29. The number of hydrogen-bond donors (Lipinski definition) is 0. The zero-order valence-electron chi connectivity index (χ0n) is 9.30. The van der Waals surface area contributed by atoms with Gasteiger partial charge < -0.3 is 0 Å². The second-order valence-corrected chi connectivity index (χ2v) is 3.43. The molecular formula is C12H8N6. The van der Waals surface area contributed by atoms with Crippen molar-refractivity contribution in [3.8, 4) is 22.9 Å². The lowest BCUT2D eigenvalue weighted by Crippen LogP contribution is -1.97. The topological polar surface area (TPSA) is 77.3 Å². The fraction of sp³-hybridized carbons (Fsp3) is 0. The first kappa shape index (κ1) is 10.4. The van der Waals surface area contributed by atoms with Gasteiger partial charge in [-0.1, -0.05) is 0 Å². The molecular weight excluding hydrogens is 228 g/mol. The van der Waals surface area contributed by atoms with E-state index in [2.05, 4.69) is 30.1 Å². The van der Waals surface area contributed by atoms with Crippen molar-refractivity contribution in [2.75, 3.05) is 0 Å². The predicted molar refractivity (Wildman–Crippen MR) is 64.1 cm³/mol. The Morgan fingerprint density at radius 3 is 2.17 bits per heavy atom. The summed E-state index contributed by atoms with van der Waals surface area (Å²) in [5, 5.41) is 7.86. The maximum absolute atomic E-state index is 4.28. The van der Waals surface area contributed by atoms with E-state index in [0.29, 0.717) is 22.9 Å². The maximum Gasteiger partial charge on any atom is 0.180 e. The van der Waals surface area contributed by atoms with Gasteiger partial charge in [-0.25, -0.2) is 15.0 Å². The van der Waals surface area contributed by atoms with Gasteiger partial charge in [-0.2, -0.15) is 5.10 Å². The highest BCUT2D eigenvalue weighted by Gasteiger charge is 2.12. The van der Waals surface area contributed by atoms with Crippen LogP contribution in [0.5, 0.6) is 0 Å². The maximum atomic E-state index is 4.28. The van der Waals surface area contributed by atoms with Crippen LogP contribution in [-0.4, -0.2) is 30.1 Å². The molecule has 6 nitrogen and oxygen atoms in total. The Kier molecular flexibility index (Phi) is 2.67. The van der Waals surface area contributed by atoms with Gasteiger partial charge in [-0.05, 0) is 18.2 Å². The molecule has 86 valence electrons. The number of nitrogens with zero attached hydrogens (tertiary/aromatic N) is 6. The molecule has 0 N–H and O–H groups in total. The third kappa shape index (κ3) is 1.91. The van der Waals surface area contributed by atoms with Gasteiger partial charge in [0.05, 0.1) is 0 Å². The minimum absolute atomic E-state index is 0.520. The van der Waals surface area contributed by atoms with E-state index in [1.807, 2.05) is 6.07 Å². The fourth-order valence-corrected chi connectivity index (χ4v) is 1.54. The van der Waals surface area contributed by atoms with E-state index >= 15 is 0 Å². The summed E-state index contributed by atoms with van der Waals surface area (Å²) in [5.41, 5.74) is 1.86. The lowest BCUT2D eigenvalue weighted by atomic mass is 10.2. The molecule has 0 bridgehead atoms. The molecule has 3 heterocycles. The average Bonchev–Trinajstić information content (AvgIpc) is 2.49. The van der Waals surface area contributed by atoms with Gasteiger partial charge in [0.2, 0.25) is 0 Å². The first-order valence-corrected chi connectivity index (χ1v) is 5.31. The zero-order chi connectivity index (χ0) is 12.2. The SMILES string of the molecule is c1cnc(-c2nccnc2-c2cccnn2)nc1. The normalized spacial score (nSPS) is 10.2. The molecule has 0 saturated carbocycles. The summed E-state index contributed by atoms with van der Waals surface area (Å²) < 4.78 is 0. The van der Waals surface area contributed by atoms with Crippen LogP contribution in [0.2, 0.25) is 0 Å². The summed E-state index contributed by atoms with van der Waals surface area (Å²) in [5.74, 6) is 0.520. The van der Waals surface area contributed by atoms with Gasteiger partial charge in [0.25, 0.3) is 0 Å². The molecule has 3 aromatic rings. The Morgan fingerprint density at radius 2 is 1.44 bits per heavy atom. The first-order valence-electron chi connectivity index (χ1n) is 5.31. The van der Waals surface area contributed by atoms with Crippen LogP contribution in [0.25, 0.3) is 22.9 Å². The summed E-state index contributed by atoms with van der Waals surface area (Å²) in [4.78, 5) is 16.9. The molecule has 0 atom stereocenters. The molecule has 0 fully saturated rings. The summed E-state index contributed by atoms with van der Waals surface area (Å²) in [6.45, 7) is 0. The van der Waals surface area contributed by atoms with Crippen LogP contribution in [0, 0.1) is 0 Å². The average molecular weight is 236 g/mol. The molecule has 6 heteroatoms. The molecule has 0 unspecified atom stereocenters. The van der Waals surface area contributed by atoms with Gasteiger partial charge in [-0.15, -0.1) is 5.10 Å². The van der Waals surface area contributed by atoms with Crippen molar-refractivity contribution in [2.24, 2.45) is 0 Å². The van der Waals surface area contributed by atoms with E-state index in [1.165, 1.54) is 0 Å². The summed E-state index contributed by atoms with van der Waals surface area (Å²) in [7, 11) is 0. The van der Waals surface area contributed by atoms with Gasteiger partial charge in [0.15, 0.2) is 5.82 Å². The van der Waals surface area contributed by atoms with Crippen LogP contribution in [0.4, 0.5) is 0 Å². The van der Waals surface area contributed by atoms with Crippen molar-refractivity contribution in [2.45, 2.75) is 0 Å². The molecule has 0 spiro atoms. The lowest BCUT2D eigenvalue weighted by Gasteiger charge is -2.04. The van der Waals surface area contributed by atoms with Gasteiger partial charge in [0.1, 0.15) is 17.1 Å². The number of hydrogen-bond acceptors (Lipinski definition) is 6. The predicted octanol–water partition coefficient (Wildman–Crippen LogP) is 1.39. The van der Waals surface area contributed by atoms with E-state index in [9.17, 15) is 0 Å².